The van der Waals surface area contributed by atoms with Crippen molar-refractivity contribution in [3.05, 3.63) is 66.9 Å². The minimum Gasteiger partial charge on any atom is -0.493 e. The Kier molecular flexibility index (Phi) is 6.52. The van der Waals surface area contributed by atoms with Crippen molar-refractivity contribution in [2.75, 3.05) is 43.3 Å². The summed E-state index contributed by atoms with van der Waals surface area (Å²) in [4.78, 5) is 18.5. The summed E-state index contributed by atoms with van der Waals surface area (Å²) in [5.41, 5.74) is 2.65. The van der Waals surface area contributed by atoms with Crippen molar-refractivity contribution >= 4 is 28.8 Å². The van der Waals surface area contributed by atoms with Gasteiger partial charge in [-0.3, -0.25) is 4.79 Å². The lowest BCUT2D eigenvalue weighted by Gasteiger charge is -2.13. The van der Waals surface area contributed by atoms with Crippen molar-refractivity contribution < 1.29 is 14.3 Å². The summed E-state index contributed by atoms with van der Waals surface area (Å²) < 4.78 is 10.7. The molecule has 0 saturated carbocycles. The maximum atomic E-state index is 12.1. The van der Waals surface area contributed by atoms with E-state index in [0.29, 0.717) is 23.0 Å². The van der Waals surface area contributed by atoms with Crippen LogP contribution in [0.3, 0.4) is 0 Å². The number of rotatable bonds is 8. The van der Waals surface area contributed by atoms with Crippen LogP contribution in [0.25, 0.3) is 0 Å². The Morgan fingerprint density at radius 2 is 1.66 bits per heavy atom. The maximum Gasteiger partial charge on any atom is 0.262 e. The Hall–Kier alpha value is -3.74. The lowest BCUT2D eigenvalue weighted by atomic mass is 10.2. The lowest BCUT2D eigenvalue weighted by molar-refractivity contribution is -0.118. The van der Waals surface area contributed by atoms with Crippen molar-refractivity contribution in [1.29, 1.82) is 0 Å². The van der Waals surface area contributed by atoms with Crippen molar-refractivity contribution in [2.45, 2.75) is 0 Å². The molecule has 3 rings (SSSR count). The molecule has 150 valence electrons. The predicted molar refractivity (Wildman–Crippen MR) is 115 cm³/mol. The third-order valence-electron chi connectivity index (χ3n) is 4.13. The number of hydrogen-bond donors (Lipinski definition) is 2. The molecule has 7 nitrogen and oxygen atoms in total. The fraction of sp³-hybridized carbons (Fsp3) is 0.182. The van der Waals surface area contributed by atoms with E-state index in [1.54, 1.807) is 37.6 Å². The van der Waals surface area contributed by atoms with Crippen molar-refractivity contribution in [3.8, 4) is 11.5 Å². The van der Waals surface area contributed by atoms with E-state index in [1.807, 2.05) is 55.4 Å². The number of nitrogens with zero attached hydrogens (tertiary/aromatic N) is 2. The van der Waals surface area contributed by atoms with Gasteiger partial charge < -0.3 is 25.0 Å². The molecule has 29 heavy (non-hydrogen) atoms. The van der Waals surface area contributed by atoms with Crippen molar-refractivity contribution in [1.82, 2.24) is 4.98 Å². The second-order valence-electron chi connectivity index (χ2n) is 6.49. The number of amides is 1. The number of ether oxygens (including phenoxy) is 2. The van der Waals surface area contributed by atoms with Gasteiger partial charge in [0.25, 0.3) is 5.91 Å². The van der Waals surface area contributed by atoms with Gasteiger partial charge in [0.15, 0.2) is 18.1 Å². The molecule has 7 heteroatoms. The summed E-state index contributed by atoms with van der Waals surface area (Å²) in [5, 5.41) is 5.99. The van der Waals surface area contributed by atoms with Crippen LogP contribution in [-0.2, 0) is 4.79 Å². The van der Waals surface area contributed by atoms with Crippen LogP contribution in [-0.4, -0.2) is 38.7 Å². The molecule has 0 saturated heterocycles. The Bertz CT molecular complexity index is 941. The first kappa shape index (κ1) is 20.0. The van der Waals surface area contributed by atoms with E-state index in [9.17, 15) is 4.79 Å². The molecule has 1 aromatic heterocycles. The van der Waals surface area contributed by atoms with Gasteiger partial charge in [0, 0.05) is 25.5 Å². The average molecular weight is 392 g/mol. The number of benzene rings is 2. The van der Waals surface area contributed by atoms with Gasteiger partial charge in [0.1, 0.15) is 5.82 Å². The normalized spacial score (nSPS) is 10.2. The molecule has 0 radical (unpaired) electrons. The molecule has 0 spiro atoms. The maximum absolute atomic E-state index is 12.1. The highest BCUT2D eigenvalue weighted by Crippen LogP contribution is 2.25. The van der Waals surface area contributed by atoms with Crippen LogP contribution in [0.2, 0.25) is 0 Å². The van der Waals surface area contributed by atoms with Crippen LogP contribution in [0.1, 0.15) is 0 Å². The highest BCUT2D eigenvalue weighted by atomic mass is 16.5. The molecular weight excluding hydrogens is 368 g/mol. The van der Waals surface area contributed by atoms with Gasteiger partial charge >= 0.3 is 0 Å². The van der Waals surface area contributed by atoms with E-state index in [2.05, 4.69) is 15.6 Å². The molecule has 0 unspecified atom stereocenters. The molecule has 3 aromatic rings. The third kappa shape index (κ3) is 5.62. The van der Waals surface area contributed by atoms with E-state index < -0.39 is 0 Å². The quantitative estimate of drug-likeness (QED) is 0.605. The van der Waals surface area contributed by atoms with Gasteiger partial charge in [-0.05, 0) is 48.5 Å². The number of pyridine rings is 1. The fourth-order valence-electron chi connectivity index (χ4n) is 2.61. The lowest BCUT2D eigenvalue weighted by Crippen LogP contribution is -2.20. The fourth-order valence-corrected chi connectivity index (χ4v) is 2.61. The van der Waals surface area contributed by atoms with Crippen LogP contribution in [0, 0.1) is 0 Å². The third-order valence-corrected chi connectivity index (χ3v) is 4.13. The molecule has 0 atom stereocenters. The van der Waals surface area contributed by atoms with Gasteiger partial charge in [0.2, 0.25) is 0 Å². The van der Waals surface area contributed by atoms with E-state index in [1.165, 1.54) is 0 Å². The van der Waals surface area contributed by atoms with Gasteiger partial charge in [0.05, 0.1) is 19.0 Å². The summed E-state index contributed by atoms with van der Waals surface area (Å²) >= 11 is 0. The number of hydrogen-bond acceptors (Lipinski definition) is 6. The van der Waals surface area contributed by atoms with Gasteiger partial charge in [-0.2, -0.15) is 0 Å². The highest BCUT2D eigenvalue weighted by molar-refractivity contribution is 5.91. The molecule has 0 bridgehead atoms. The Morgan fingerprint density at radius 1 is 0.966 bits per heavy atom. The molecule has 0 aliphatic heterocycles. The zero-order chi connectivity index (χ0) is 20.6. The molecule has 0 aliphatic carbocycles. The average Bonchev–Trinajstić information content (AvgIpc) is 2.74. The van der Waals surface area contributed by atoms with E-state index in [0.717, 1.165) is 11.4 Å². The van der Waals surface area contributed by atoms with E-state index in [4.69, 9.17) is 9.47 Å². The van der Waals surface area contributed by atoms with E-state index in [-0.39, 0.29) is 12.5 Å². The first-order valence-corrected chi connectivity index (χ1v) is 9.11. The molecule has 2 aromatic carbocycles. The summed E-state index contributed by atoms with van der Waals surface area (Å²) in [6, 6.07) is 18.8. The number of nitrogens with one attached hydrogen (secondary N) is 2. The topological polar surface area (TPSA) is 75.7 Å². The van der Waals surface area contributed by atoms with Crippen LogP contribution in [0.5, 0.6) is 11.5 Å². The van der Waals surface area contributed by atoms with Crippen LogP contribution in [0.4, 0.5) is 22.9 Å². The number of para-hydroxylation sites is 2. The second kappa shape index (κ2) is 9.45. The Labute approximate surface area is 170 Å². The standard InChI is InChI=1S/C22H24N4O3/c1-26(2)18-11-8-16(9-12-18)24-21-13-10-17(14-23-21)25-22(27)15-29-20-7-5-4-6-19(20)28-3/h4-14H,15H2,1-3H3,(H,23,24)(H,25,27). The van der Waals surface area contributed by atoms with Gasteiger partial charge in [-0.15, -0.1) is 0 Å². The summed E-state index contributed by atoms with van der Waals surface area (Å²) in [6.07, 6.45) is 1.59. The summed E-state index contributed by atoms with van der Waals surface area (Å²) in [6.45, 7) is -0.126. The number of aromatic nitrogens is 1. The van der Waals surface area contributed by atoms with E-state index >= 15 is 0 Å². The zero-order valence-corrected chi connectivity index (χ0v) is 16.7. The Balaban J connectivity index is 1.52. The molecule has 1 heterocycles. The van der Waals surface area contributed by atoms with Crippen molar-refractivity contribution in [3.63, 3.8) is 0 Å². The first-order valence-electron chi connectivity index (χ1n) is 9.11. The largest absolute Gasteiger partial charge is 0.493 e. The first-order chi connectivity index (χ1) is 14.0. The smallest absolute Gasteiger partial charge is 0.262 e. The van der Waals surface area contributed by atoms with Crippen LogP contribution >= 0.6 is 0 Å². The summed E-state index contributed by atoms with van der Waals surface area (Å²) in [7, 11) is 5.55. The predicted octanol–water partition coefficient (Wildman–Crippen LogP) is 3.92. The number of methoxy groups -OCH3 is 1. The van der Waals surface area contributed by atoms with Crippen LogP contribution < -0.4 is 25.0 Å². The molecule has 2 N–H and O–H groups in total. The molecule has 1 amide bonds. The van der Waals surface area contributed by atoms with Gasteiger partial charge in [-0.25, -0.2) is 4.98 Å². The zero-order valence-electron chi connectivity index (χ0n) is 16.7. The molecule has 0 aliphatic rings. The number of anilines is 4. The SMILES string of the molecule is COc1ccccc1OCC(=O)Nc1ccc(Nc2ccc(N(C)C)cc2)nc1. The number of carbonyl (C=O) groups is 1. The minimum absolute atomic E-state index is 0.126. The second-order valence-corrected chi connectivity index (χ2v) is 6.49. The van der Waals surface area contributed by atoms with Crippen LogP contribution in [0.15, 0.2) is 66.9 Å². The number of carbonyl (C=O) groups excluding carboxylic acids is 1. The van der Waals surface area contributed by atoms with Gasteiger partial charge in [-0.1, -0.05) is 12.1 Å². The minimum atomic E-state index is -0.280. The van der Waals surface area contributed by atoms with Crippen molar-refractivity contribution in [2.24, 2.45) is 0 Å². The Morgan fingerprint density at radius 3 is 2.28 bits per heavy atom. The molecule has 0 fully saturated rings. The monoisotopic (exact) mass is 392 g/mol. The molecular formula is C22H24N4O3. The highest BCUT2D eigenvalue weighted by Gasteiger charge is 2.08. The summed E-state index contributed by atoms with van der Waals surface area (Å²) in [5.74, 6) is 1.50.